The van der Waals surface area contributed by atoms with Gasteiger partial charge in [0.1, 0.15) is 6.33 Å². The van der Waals surface area contributed by atoms with Crippen LogP contribution in [0.1, 0.15) is 32.6 Å². The van der Waals surface area contributed by atoms with Gasteiger partial charge >= 0.3 is 0 Å². The van der Waals surface area contributed by atoms with Gasteiger partial charge in [-0.2, -0.15) is 10.1 Å². The van der Waals surface area contributed by atoms with Crippen LogP contribution in [0.5, 0.6) is 0 Å². The van der Waals surface area contributed by atoms with E-state index in [2.05, 4.69) is 39.2 Å². The monoisotopic (exact) mass is 236 g/mol. The molecule has 7 nitrogen and oxygen atoms in total. The second kappa shape index (κ2) is 4.62. The fraction of sp³-hybridized carbons (Fsp3) is 0.600. The highest BCUT2D eigenvalue weighted by Crippen LogP contribution is 2.26. The average Bonchev–Trinajstić information content (AvgIpc) is 2.83. The Hall–Kier alpha value is -1.76. The lowest BCUT2D eigenvalue weighted by atomic mass is 9.90. The summed E-state index contributed by atoms with van der Waals surface area (Å²) in [5.41, 5.74) is 5.93. The van der Waals surface area contributed by atoms with E-state index in [1.807, 2.05) is 6.92 Å². The molecule has 0 spiro atoms. The molecule has 0 aliphatic heterocycles. The van der Waals surface area contributed by atoms with Gasteiger partial charge < -0.3 is 10.3 Å². The van der Waals surface area contributed by atoms with Crippen LogP contribution >= 0.6 is 0 Å². The van der Waals surface area contributed by atoms with E-state index >= 15 is 0 Å². The third-order valence-electron chi connectivity index (χ3n) is 2.64. The van der Waals surface area contributed by atoms with Crippen molar-refractivity contribution in [3.05, 3.63) is 12.2 Å². The molecule has 0 bridgehead atoms. The van der Waals surface area contributed by atoms with Gasteiger partial charge in [0.15, 0.2) is 5.82 Å². The van der Waals surface area contributed by atoms with Crippen LogP contribution in [0.4, 0.5) is 0 Å². The van der Waals surface area contributed by atoms with Gasteiger partial charge in [0.2, 0.25) is 11.7 Å². The molecule has 2 heterocycles. The molecule has 7 heteroatoms. The first-order chi connectivity index (χ1) is 8.09. The van der Waals surface area contributed by atoms with E-state index < -0.39 is 0 Å². The molecular formula is C10H16N6O. The fourth-order valence-corrected chi connectivity index (χ4v) is 1.90. The maximum absolute atomic E-state index is 5.93. The Labute approximate surface area is 98.8 Å². The normalized spacial score (nSPS) is 15.1. The smallest absolute Gasteiger partial charge is 0.239 e. The number of hydrogen-bond donors (Lipinski definition) is 2. The van der Waals surface area contributed by atoms with Gasteiger partial charge in [-0.05, 0) is 12.8 Å². The molecule has 0 radical (unpaired) electrons. The summed E-state index contributed by atoms with van der Waals surface area (Å²) in [5, 5.41) is 10.3. The van der Waals surface area contributed by atoms with Crippen LogP contribution in [-0.2, 0) is 0 Å². The average molecular weight is 236 g/mol. The van der Waals surface area contributed by atoms with Gasteiger partial charge in [0.05, 0.1) is 5.92 Å². The quantitative estimate of drug-likeness (QED) is 0.818. The lowest BCUT2D eigenvalue weighted by Gasteiger charge is -2.20. The number of nitrogens with two attached hydrogens (primary N) is 1. The number of aromatic nitrogens is 5. The standard InChI is InChI=1S/C10H16N6O/c1-5(2)7(6(3)11)10-14-9(16-17-10)8-12-4-13-15-8/h4-7H,11H2,1-3H3,(H,12,13,15). The van der Waals surface area contributed by atoms with E-state index in [-0.39, 0.29) is 12.0 Å². The summed E-state index contributed by atoms with van der Waals surface area (Å²) < 4.78 is 5.24. The Morgan fingerprint density at radius 2 is 2.12 bits per heavy atom. The molecule has 0 aliphatic rings. The van der Waals surface area contributed by atoms with Crippen LogP contribution < -0.4 is 5.73 Å². The third-order valence-corrected chi connectivity index (χ3v) is 2.64. The van der Waals surface area contributed by atoms with Crippen LogP contribution in [-0.4, -0.2) is 31.4 Å². The summed E-state index contributed by atoms with van der Waals surface area (Å²) in [5.74, 6) is 1.81. The Balaban J connectivity index is 2.28. The number of hydrogen-bond acceptors (Lipinski definition) is 6. The maximum Gasteiger partial charge on any atom is 0.239 e. The molecule has 0 aromatic carbocycles. The summed E-state index contributed by atoms with van der Waals surface area (Å²) in [4.78, 5) is 8.27. The van der Waals surface area contributed by atoms with Gasteiger partial charge in [-0.1, -0.05) is 19.0 Å². The Morgan fingerprint density at radius 1 is 1.35 bits per heavy atom. The SMILES string of the molecule is CC(C)C(c1nc(-c2ncn[nH]2)no1)C(C)N. The highest BCUT2D eigenvalue weighted by molar-refractivity contribution is 5.39. The van der Waals surface area contributed by atoms with Gasteiger partial charge in [0, 0.05) is 6.04 Å². The number of aromatic amines is 1. The first kappa shape index (κ1) is 11.7. The van der Waals surface area contributed by atoms with Crippen molar-refractivity contribution >= 4 is 0 Å². The van der Waals surface area contributed by atoms with Gasteiger partial charge in [-0.25, -0.2) is 4.98 Å². The van der Waals surface area contributed by atoms with Crippen molar-refractivity contribution in [3.63, 3.8) is 0 Å². The zero-order valence-corrected chi connectivity index (χ0v) is 10.1. The molecular weight excluding hydrogens is 220 g/mol. The summed E-state index contributed by atoms with van der Waals surface area (Å²) in [6, 6.07) is -0.0435. The molecule has 17 heavy (non-hydrogen) atoms. The molecule has 0 amide bonds. The molecule has 2 atom stereocenters. The Morgan fingerprint density at radius 3 is 2.65 bits per heavy atom. The number of H-pyrrole nitrogens is 1. The number of nitrogens with one attached hydrogen (secondary N) is 1. The number of nitrogens with zero attached hydrogens (tertiary/aromatic N) is 4. The molecule has 2 unspecified atom stereocenters. The van der Waals surface area contributed by atoms with Crippen molar-refractivity contribution in [2.45, 2.75) is 32.7 Å². The predicted molar refractivity (Wildman–Crippen MR) is 60.9 cm³/mol. The van der Waals surface area contributed by atoms with Crippen LogP contribution in [0.15, 0.2) is 10.9 Å². The van der Waals surface area contributed by atoms with Gasteiger partial charge in [-0.15, -0.1) is 0 Å². The van der Waals surface area contributed by atoms with E-state index in [1.165, 1.54) is 6.33 Å². The van der Waals surface area contributed by atoms with Crippen molar-refractivity contribution in [2.24, 2.45) is 11.7 Å². The third kappa shape index (κ3) is 2.33. The van der Waals surface area contributed by atoms with E-state index in [9.17, 15) is 0 Å². The first-order valence-electron chi connectivity index (χ1n) is 5.54. The zero-order valence-electron chi connectivity index (χ0n) is 10.1. The van der Waals surface area contributed by atoms with E-state index in [4.69, 9.17) is 10.3 Å². The summed E-state index contributed by atoms with van der Waals surface area (Å²) in [6.45, 7) is 6.09. The summed E-state index contributed by atoms with van der Waals surface area (Å²) in [6.07, 6.45) is 1.40. The van der Waals surface area contributed by atoms with Gasteiger partial charge in [0.25, 0.3) is 0 Å². The van der Waals surface area contributed by atoms with Crippen molar-refractivity contribution < 1.29 is 4.52 Å². The summed E-state index contributed by atoms with van der Waals surface area (Å²) in [7, 11) is 0. The second-order valence-electron chi connectivity index (χ2n) is 4.42. The predicted octanol–water partition coefficient (Wildman–Crippen LogP) is 0.941. The van der Waals surface area contributed by atoms with Crippen LogP contribution in [0, 0.1) is 5.92 Å². The minimum atomic E-state index is -0.0435. The molecule has 2 rings (SSSR count). The van der Waals surface area contributed by atoms with Crippen molar-refractivity contribution in [1.29, 1.82) is 0 Å². The van der Waals surface area contributed by atoms with Crippen molar-refractivity contribution in [1.82, 2.24) is 25.3 Å². The minimum absolute atomic E-state index is 0.0409. The molecule has 3 N–H and O–H groups in total. The zero-order chi connectivity index (χ0) is 12.4. The summed E-state index contributed by atoms with van der Waals surface area (Å²) >= 11 is 0. The minimum Gasteiger partial charge on any atom is -0.338 e. The number of rotatable bonds is 4. The molecule has 92 valence electrons. The Bertz CT molecular complexity index is 453. The molecule has 2 aromatic heterocycles. The first-order valence-corrected chi connectivity index (χ1v) is 5.54. The van der Waals surface area contributed by atoms with Gasteiger partial charge in [-0.3, -0.25) is 5.10 Å². The van der Waals surface area contributed by atoms with Crippen molar-refractivity contribution in [2.75, 3.05) is 0 Å². The Kier molecular flexibility index (Phi) is 3.19. The second-order valence-corrected chi connectivity index (χ2v) is 4.42. The topological polar surface area (TPSA) is 107 Å². The maximum atomic E-state index is 5.93. The van der Waals surface area contributed by atoms with E-state index in [0.717, 1.165) is 0 Å². The lowest BCUT2D eigenvalue weighted by Crippen LogP contribution is -2.28. The molecule has 2 aromatic rings. The largest absolute Gasteiger partial charge is 0.338 e. The van der Waals surface area contributed by atoms with Crippen LogP contribution in [0.25, 0.3) is 11.6 Å². The van der Waals surface area contributed by atoms with E-state index in [0.29, 0.717) is 23.5 Å². The lowest BCUT2D eigenvalue weighted by molar-refractivity contribution is 0.300. The van der Waals surface area contributed by atoms with Crippen LogP contribution in [0.2, 0.25) is 0 Å². The van der Waals surface area contributed by atoms with E-state index in [1.54, 1.807) is 0 Å². The van der Waals surface area contributed by atoms with Crippen LogP contribution in [0.3, 0.4) is 0 Å². The molecule has 0 fully saturated rings. The molecule has 0 saturated carbocycles. The van der Waals surface area contributed by atoms with Crippen molar-refractivity contribution in [3.8, 4) is 11.6 Å². The highest BCUT2D eigenvalue weighted by Gasteiger charge is 2.26. The highest BCUT2D eigenvalue weighted by atomic mass is 16.5. The molecule has 0 aliphatic carbocycles. The molecule has 0 saturated heterocycles. The fourth-order valence-electron chi connectivity index (χ4n) is 1.90.